The van der Waals surface area contributed by atoms with Crippen LogP contribution in [-0.2, 0) is 4.74 Å². The Morgan fingerprint density at radius 2 is 1.95 bits per heavy atom. The second-order valence-electron chi connectivity index (χ2n) is 7.78. The molecule has 1 fully saturated rings. The summed E-state index contributed by atoms with van der Waals surface area (Å²) in [4.78, 5) is 14.1. The summed E-state index contributed by atoms with van der Waals surface area (Å²) in [6, 6.07) is 0.183. The van der Waals surface area contributed by atoms with E-state index in [-0.39, 0.29) is 24.2 Å². The zero-order valence-corrected chi connectivity index (χ0v) is 14.2. The fraction of sp³-hybridized carbons (Fsp3) is 0.938. The number of carbonyl (C=O) groups excluding carboxylic acids is 1. The average molecular weight is 300 g/mol. The molecule has 124 valence electrons. The molecule has 1 unspecified atom stereocenters. The third kappa shape index (κ3) is 6.66. The van der Waals surface area contributed by atoms with E-state index >= 15 is 0 Å². The third-order valence-electron chi connectivity index (χ3n) is 3.67. The molecule has 1 atom stereocenters. The molecule has 0 radical (unpaired) electrons. The molecule has 1 amide bonds. The van der Waals surface area contributed by atoms with Crippen LogP contribution in [0.3, 0.4) is 0 Å². The number of ether oxygens (including phenoxy) is 1. The number of hydrogen-bond donors (Lipinski definition) is 2. The lowest BCUT2D eigenvalue weighted by Gasteiger charge is -2.37. The number of aliphatic hydroxyl groups is 1. The van der Waals surface area contributed by atoms with Crippen molar-refractivity contribution < 1.29 is 14.6 Å². The minimum absolute atomic E-state index is 0.134. The number of piperidine rings is 1. The molecule has 0 saturated carbocycles. The van der Waals surface area contributed by atoms with Crippen molar-refractivity contribution in [2.75, 3.05) is 26.2 Å². The van der Waals surface area contributed by atoms with Gasteiger partial charge in [0, 0.05) is 37.7 Å². The lowest BCUT2D eigenvalue weighted by Crippen LogP contribution is -2.51. The van der Waals surface area contributed by atoms with Crippen molar-refractivity contribution in [1.29, 1.82) is 0 Å². The zero-order chi connectivity index (χ0) is 16.1. The maximum atomic E-state index is 12.3. The summed E-state index contributed by atoms with van der Waals surface area (Å²) in [6.07, 6.45) is 2.98. The number of aliphatic hydroxyl groups excluding tert-OH is 1. The summed E-state index contributed by atoms with van der Waals surface area (Å²) in [6.45, 7) is 12.1. The Labute approximate surface area is 129 Å². The van der Waals surface area contributed by atoms with E-state index in [1.165, 1.54) is 0 Å². The van der Waals surface area contributed by atoms with Gasteiger partial charge in [-0.3, -0.25) is 0 Å². The van der Waals surface area contributed by atoms with E-state index in [1.807, 2.05) is 39.5 Å². The largest absolute Gasteiger partial charge is 0.444 e. The van der Waals surface area contributed by atoms with E-state index in [2.05, 4.69) is 5.32 Å². The first-order valence-corrected chi connectivity index (χ1v) is 7.96. The monoisotopic (exact) mass is 300 g/mol. The zero-order valence-electron chi connectivity index (χ0n) is 14.2. The van der Waals surface area contributed by atoms with Gasteiger partial charge in [-0.2, -0.15) is 0 Å². The molecule has 21 heavy (non-hydrogen) atoms. The number of rotatable bonds is 5. The molecule has 0 spiro atoms. The lowest BCUT2D eigenvalue weighted by atomic mass is 9.94. The first kappa shape index (κ1) is 18.2. The first-order valence-electron chi connectivity index (χ1n) is 7.96. The van der Waals surface area contributed by atoms with E-state index in [1.54, 1.807) is 0 Å². The predicted octanol–water partition coefficient (Wildman–Crippen LogP) is 2.38. The van der Waals surface area contributed by atoms with Crippen LogP contribution in [0, 0.1) is 5.41 Å². The Kier molecular flexibility index (Phi) is 6.47. The van der Waals surface area contributed by atoms with Crippen LogP contribution in [0.25, 0.3) is 0 Å². The van der Waals surface area contributed by atoms with Crippen LogP contribution in [0.1, 0.15) is 53.9 Å². The van der Waals surface area contributed by atoms with Gasteiger partial charge in [0.1, 0.15) is 5.60 Å². The number of amides is 1. The molecule has 5 nitrogen and oxygen atoms in total. The molecule has 5 heteroatoms. The van der Waals surface area contributed by atoms with Crippen LogP contribution < -0.4 is 5.32 Å². The van der Waals surface area contributed by atoms with E-state index in [9.17, 15) is 9.90 Å². The molecule has 0 aromatic heterocycles. The Morgan fingerprint density at radius 3 is 2.52 bits per heavy atom. The van der Waals surface area contributed by atoms with Crippen molar-refractivity contribution in [3.8, 4) is 0 Å². The molecule has 0 bridgehead atoms. The summed E-state index contributed by atoms with van der Waals surface area (Å²) in [7, 11) is 0. The molecular weight excluding hydrogens is 268 g/mol. The van der Waals surface area contributed by atoms with E-state index in [4.69, 9.17) is 4.74 Å². The van der Waals surface area contributed by atoms with Crippen LogP contribution in [0.15, 0.2) is 0 Å². The topological polar surface area (TPSA) is 61.8 Å². The highest BCUT2D eigenvalue weighted by Crippen LogP contribution is 2.20. The van der Waals surface area contributed by atoms with Crippen molar-refractivity contribution >= 4 is 6.09 Å². The van der Waals surface area contributed by atoms with Crippen molar-refractivity contribution in [3.63, 3.8) is 0 Å². The molecule has 2 N–H and O–H groups in total. The second kappa shape index (κ2) is 7.45. The van der Waals surface area contributed by atoms with Gasteiger partial charge < -0.3 is 20.1 Å². The van der Waals surface area contributed by atoms with Gasteiger partial charge in [0.05, 0.1) is 0 Å². The van der Waals surface area contributed by atoms with Crippen molar-refractivity contribution in [2.45, 2.75) is 65.5 Å². The first-order chi connectivity index (χ1) is 9.64. The molecule has 0 aromatic carbocycles. The standard InChI is InChI=1S/C16H32N2O3/c1-15(2,3)21-14(20)18-9-7-6-8-13(18)10-17-11-16(4,5)12-19/h13,17,19H,6-12H2,1-5H3. The van der Waals surface area contributed by atoms with Gasteiger partial charge in [-0.15, -0.1) is 0 Å². The Balaban J connectivity index is 2.51. The van der Waals surface area contributed by atoms with Crippen molar-refractivity contribution in [2.24, 2.45) is 5.41 Å². The van der Waals surface area contributed by atoms with Gasteiger partial charge in [0.2, 0.25) is 0 Å². The maximum absolute atomic E-state index is 12.3. The fourth-order valence-corrected chi connectivity index (χ4v) is 2.41. The van der Waals surface area contributed by atoms with Crippen molar-refractivity contribution in [1.82, 2.24) is 10.2 Å². The van der Waals surface area contributed by atoms with Crippen LogP contribution in [0.4, 0.5) is 4.79 Å². The summed E-state index contributed by atoms with van der Waals surface area (Å²) in [5.74, 6) is 0. The lowest BCUT2D eigenvalue weighted by molar-refractivity contribution is 0.00958. The summed E-state index contributed by atoms with van der Waals surface area (Å²) < 4.78 is 5.50. The molecular formula is C16H32N2O3. The Morgan fingerprint density at radius 1 is 1.29 bits per heavy atom. The number of carbonyl (C=O) groups is 1. The van der Waals surface area contributed by atoms with Crippen LogP contribution in [0.5, 0.6) is 0 Å². The summed E-state index contributed by atoms with van der Waals surface area (Å²) >= 11 is 0. The van der Waals surface area contributed by atoms with Gasteiger partial charge in [0.25, 0.3) is 0 Å². The molecule has 0 aromatic rings. The Hall–Kier alpha value is -0.810. The smallest absolute Gasteiger partial charge is 0.410 e. The number of hydrogen-bond acceptors (Lipinski definition) is 4. The second-order valence-corrected chi connectivity index (χ2v) is 7.78. The summed E-state index contributed by atoms with van der Waals surface area (Å²) in [5, 5.41) is 12.7. The summed E-state index contributed by atoms with van der Waals surface area (Å²) in [5.41, 5.74) is -0.587. The SMILES string of the molecule is CC(C)(CO)CNCC1CCCCN1C(=O)OC(C)(C)C. The molecule has 1 aliphatic rings. The number of nitrogens with zero attached hydrogens (tertiary/aromatic N) is 1. The number of likely N-dealkylation sites (tertiary alicyclic amines) is 1. The minimum atomic E-state index is -0.453. The third-order valence-corrected chi connectivity index (χ3v) is 3.67. The molecule has 1 saturated heterocycles. The van der Waals surface area contributed by atoms with Gasteiger partial charge in [-0.05, 0) is 40.0 Å². The molecule has 1 rings (SSSR count). The van der Waals surface area contributed by atoms with Gasteiger partial charge in [-0.25, -0.2) is 4.79 Å². The fourth-order valence-electron chi connectivity index (χ4n) is 2.41. The van der Waals surface area contributed by atoms with Crippen LogP contribution in [0.2, 0.25) is 0 Å². The maximum Gasteiger partial charge on any atom is 0.410 e. The van der Waals surface area contributed by atoms with Gasteiger partial charge in [0.15, 0.2) is 0 Å². The molecule has 0 aliphatic carbocycles. The van der Waals surface area contributed by atoms with Crippen LogP contribution >= 0.6 is 0 Å². The highest BCUT2D eigenvalue weighted by atomic mass is 16.6. The van der Waals surface area contributed by atoms with Gasteiger partial charge >= 0.3 is 6.09 Å². The normalized spacial score (nSPS) is 20.5. The quantitative estimate of drug-likeness (QED) is 0.818. The van der Waals surface area contributed by atoms with Crippen molar-refractivity contribution in [3.05, 3.63) is 0 Å². The van der Waals surface area contributed by atoms with Crippen LogP contribution in [-0.4, -0.2) is 54.0 Å². The average Bonchev–Trinajstić information content (AvgIpc) is 2.37. The molecule has 1 heterocycles. The van der Waals surface area contributed by atoms with E-state index in [0.717, 1.165) is 38.9 Å². The molecule has 1 aliphatic heterocycles. The van der Waals surface area contributed by atoms with E-state index in [0.29, 0.717) is 0 Å². The van der Waals surface area contributed by atoms with Gasteiger partial charge in [-0.1, -0.05) is 13.8 Å². The highest BCUT2D eigenvalue weighted by Gasteiger charge is 2.30. The van der Waals surface area contributed by atoms with E-state index < -0.39 is 5.60 Å². The Bertz CT molecular complexity index is 337. The number of nitrogens with one attached hydrogen (secondary N) is 1. The highest BCUT2D eigenvalue weighted by molar-refractivity contribution is 5.68. The minimum Gasteiger partial charge on any atom is -0.444 e. The predicted molar refractivity (Wildman–Crippen MR) is 84.3 cm³/mol.